The molecule has 1 aliphatic heterocycles. The molecule has 2 rings (SSSR count). The fourth-order valence-corrected chi connectivity index (χ4v) is 3.88. The number of hydrogen-bond donors (Lipinski definition) is 2. The number of rotatable bonds is 3. The van der Waals surface area contributed by atoms with Crippen LogP contribution in [0.3, 0.4) is 0 Å². The lowest BCUT2D eigenvalue weighted by molar-refractivity contribution is -0.141. The number of thioether (sulfide) groups is 1. The molecule has 1 aromatic rings. The molecule has 1 fully saturated rings. The maximum Gasteiger partial charge on any atom is 0.327 e. The van der Waals surface area contributed by atoms with E-state index < -0.39 is 18.0 Å². The van der Waals surface area contributed by atoms with E-state index in [1.54, 1.807) is 18.2 Å². The number of nitrogens with zero attached hydrogens (tertiary/aromatic N) is 1. The smallest absolute Gasteiger partial charge is 0.327 e. The summed E-state index contributed by atoms with van der Waals surface area (Å²) < 4.78 is 0.730. The monoisotopic (exact) mass is 392 g/mol. The van der Waals surface area contributed by atoms with Crippen molar-refractivity contribution in [1.82, 2.24) is 4.90 Å². The van der Waals surface area contributed by atoms with E-state index in [1.165, 1.54) is 16.7 Å². The maximum atomic E-state index is 12.4. The molecule has 2 atom stereocenters. The molecule has 1 heterocycles. The predicted molar refractivity (Wildman–Crippen MR) is 88.0 cm³/mol. The molecule has 5 nitrogen and oxygen atoms in total. The number of benzene rings is 1. The zero-order valence-electron chi connectivity index (χ0n) is 11.2. The van der Waals surface area contributed by atoms with Crippen LogP contribution in [0.1, 0.15) is 13.3 Å². The highest BCUT2D eigenvalue weighted by atomic mass is 79.9. The number of hydrogen-bond acceptors (Lipinski definition) is 3. The van der Waals surface area contributed by atoms with Crippen LogP contribution in [0.25, 0.3) is 0 Å². The molecule has 0 spiro atoms. The number of carboxylic acids is 1. The van der Waals surface area contributed by atoms with Crippen LogP contribution in [0.15, 0.2) is 22.7 Å². The van der Waals surface area contributed by atoms with Crippen molar-refractivity contribution in [1.29, 1.82) is 0 Å². The van der Waals surface area contributed by atoms with Crippen molar-refractivity contribution >= 4 is 57.0 Å². The Morgan fingerprint density at radius 2 is 2.29 bits per heavy atom. The number of amides is 2. The highest BCUT2D eigenvalue weighted by molar-refractivity contribution is 9.10. The predicted octanol–water partition coefficient (Wildman–Crippen LogP) is 3.87. The summed E-state index contributed by atoms with van der Waals surface area (Å²) in [6, 6.07) is 3.82. The Kier molecular flexibility index (Phi) is 5.40. The molecule has 0 saturated carbocycles. The second kappa shape index (κ2) is 6.89. The molecule has 114 valence electrons. The fourth-order valence-electron chi connectivity index (χ4n) is 2.10. The number of carbonyl (C=O) groups excluding carboxylic acids is 1. The molecular weight excluding hydrogens is 380 g/mol. The van der Waals surface area contributed by atoms with Gasteiger partial charge in [-0.15, -0.1) is 11.8 Å². The summed E-state index contributed by atoms with van der Waals surface area (Å²) in [7, 11) is 0. The molecule has 1 aliphatic rings. The van der Waals surface area contributed by atoms with Crippen LogP contribution in [0.2, 0.25) is 5.02 Å². The number of anilines is 1. The molecule has 0 bridgehead atoms. The molecule has 2 N–H and O–H groups in total. The van der Waals surface area contributed by atoms with Crippen molar-refractivity contribution in [3.05, 3.63) is 27.7 Å². The summed E-state index contributed by atoms with van der Waals surface area (Å²) >= 11 is 10.7. The normalized spacial score (nSPS) is 21.4. The number of carbonyl (C=O) groups is 2. The van der Waals surface area contributed by atoms with E-state index in [4.69, 9.17) is 11.6 Å². The number of urea groups is 1. The van der Waals surface area contributed by atoms with Crippen LogP contribution < -0.4 is 5.32 Å². The van der Waals surface area contributed by atoms with Crippen molar-refractivity contribution in [3.63, 3.8) is 0 Å². The molecule has 0 aliphatic carbocycles. The van der Waals surface area contributed by atoms with Crippen LogP contribution in [0.4, 0.5) is 10.5 Å². The summed E-state index contributed by atoms with van der Waals surface area (Å²) in [5, 5.41) is 12.3. The van der Waals surface area contributed by atoms with Crippen molar-refractivity contribution < 1.29 is 14.7 Å². The van der Waals surface area contributed by atoms with E-state index in [0.717, 1.165) is 4.47 Å². The van der Waals surface area contributed by atoms with Crippen molar-refractivity contribution in [2.45, 2.75) is 24.8 Å². The first-order chi connectivity index (χ1) is 9.93. The van der Waals surface area contributed by atoms with Gasteiger partial charge in [0.2, 0.25) is 0 Å². The van der Waals surface area contributed by atoms with Crippen LogP contribution in [-0.4, -0.2) is 39.2 Å². The van der Waals surface area contributed by atoms with E-state index in [0.29, 0.717) is 22.9 Å². The maximum absolute atomic E-state index is 12.4. The van der Waals surface area contributed by atoms with Crippen molar-refractivity contribution in [3.8, 4) is 0 Å². The third-order valence-electron chi connectivity index (χ3n) is 3.13. The second-order valence-corrected chi connectivity index (χ2v) is 6.99. The first kappa shape index (κ1) is 16.5. The summed E-state index contributed by atoms with van der Waals surface area (Å²) in [5.41, 5.74) is 0.532. The first-order valence-corrected chi connectivity index (χ1v) is 8.54. The summed E-state index contributed by atoms with van der Waals surface area (Å²) in [6.45, 7) is 1.93. The number of nitrogens with one attached hydrogen (secondary N) is 1. The minimum Gasteiger partial charge on any atom is -0.480 e. The Labute approximate surface area is 140 Å². The Morgan fingerprint density at radius 3 is 2.86 bits per heavy atom. The fraction of sp³-hybridized carbons (Fsp3) is 0.385. The third kappa shape index (κ3) is 3.64. The van der Waals surface area contributed by atoms with Gasteiger partial charge in [-0.1, -0.05) is 18.5 Å². The van der Waals surface area contributed by atoms with Crippen molar-refractivity contribution in [2.24, 2.45) is 0 Å². The van der Waals surface area contributed by atoms with Crippen molar-refractivity contribution in [2.75, 3.05) is 11.1 Å². The van der Waals surface area contributed by atoms with Crippen LogP contribution in [-0.2, 0) is 4.79 Å². The van der Waals surface area contributed by atoms with Gasteiger partial charge in [-0.05, 0) is 40.5 Å². The van der Waals surface area contributed by atoms with Gasteiger partial charge in [-0.3, -0.25) is 4.90 Å². The topological polar surface area (TPSA) is 69.6 Å². The minimum atomic E-state index is -0.984. The minimum absolute atomic E-state index is 0.128. The SMILES string of the molecule is CCC1SCC(C(=O)O)N1C(=O)Nc1ccc(Br)c(Cl)c1. The zero-order chi connectivity index (χ0) is 15.6. The Hall–Kier alpha value is -0.920. The average Bonchev–Trinajstić information content (AvgIpc) is 2.87. The standard InChI is InChI=1S/C13H14BrClN2O3S/c1-2-11-17(10(6-21-11)12(18)19)13(20)16-7-3-4-8(14)9(15)5-7/h3-5,10-11H,2,6H2,1H3,(H,16,20)(H,18,19). The van der Waals surface area contributed by atoms with E-state index in [-0.39, 0.29) is 5.37 Å². The van der Waals surface area contributed by atoms with Crippen LogP contribution in [0, 0.1) is 0 Å². The van der Waals surface area contributed by atoms with Gasteiger partial charge in [-0.2, -0.15) is 0 Å². The highest BCUT2D eigenvalue weighted by Gasteiger charge is 2.40. The van der Waals surface area contributed by atoms with Gasteiger partial charge >= 0.3 is 12.0 Å². The van der Waals surface area contributed by atoms with E-state index in [9.17, 15) is 14.7 Å². The van der Waals surface area contributed by atoms with Gasteiger partial charge in [0.25, 0.3) is 0 Å². The quantitative estimate of drug-likeness (QED) is 0.818. The molecule has 1 aromatic carbocycles. The summed E-state index contributed by atoms with van der Waals surface area (Å²) in [5.74, 6) is -0.579. The highest BCUT2D eigenvalue weighted by Crippen LogP contribution is 2.32. The van der Waals surface area contributed by atoms with Gasteiger partial charge in [0.1, 0.15) is 6.04 Å². The molecule has 8 heteroatoms. The average molecular weight is 394 g/mol. The van der Waals surface area contributed by atoms with Gasteiger partial charge in [0, 0.05) is 15.9 Å². The Bertz CT molecular complexity index is 572. The lowest BCUT2D eigenvalue weighted by atomic mass is 10.2. The van der Waals surface area contributed by atoms with Crippen LogP contribution >= 0.6 is 39.3 Å². The third-order valence-corrected chi connectivity index (χ3v) is 5.82. The van der Waals surface area contributed by atoms with Gasteiger partial charge < -0.3 is 10.4 Å². The van der Waals surface area contributed by atoms with Crippen LogP contribution in [0.5, 0.6) is 0 Å². The van der Waals surface area contributed by atoms with Gasteiger partial charge in [0.15, 0.2) is 0 Å². The lowest BCUT2D eigenvalue weighted by Gasteiger charge is -2.26. The first-order valence-electron chi connectivity index (χ1n) is 6.32. The summed E-state index contributed by atoms with van der Waals surface area (Å²) in [4.78, 5) is 25.0. The molecule has 0 radical (unpaired) electrons. The Morgan fingerprint density at radius 1 is 1.57 bits per heavy atom. The summed E-state index contributed by atoms with van der Waals surface area (Å²) in [6.07, 6.45) is 0.697. The van der Waals surface area contributed by atoms with Gasteiger partial charge in [0.05, 0.1) is 10.4 Å². The molecule has 2 amide bonds. The zero-order valence-corrected chi connectivity index (χ0v) is 14.3. The largest absolute Gasteiger partial charge is 0.480 e. The van der Waals surface area contributed by atoms with E-state index in [2.05, 4.69) is 21.2 Å². The number of carboxylic acid groups (broad SMARTS) is 1. The molecule has 0 aromatic heterocycles. The molecule has 1 saturated heterocycles. The van der Waals surface area contributed by atoms with Gasteiger partial charge in [-0.25, -0.2) is 9.59 Å². The number of halogens is 2. The molecule has 2 unspecified atom stereocenters. The van der Waals surface area contributed by atoms with E-state index in [1.807, 2.05) is 6.92 Å². The number of aliphatic carboxylic acids is 1. The van der Waals surface area contributed by atoms with E-state index >= 15 is 0 Å². The molecule has 21 heavy (non-hydrogen) atoms. The second-order valence-electron chi connectivity index (χ2n) is 4.52. The molecular formula is C13H14BrClN2O3S. The Balaban J connectivity index is 2.16. The lowest BCUT2D eigenvalue weighted by Crippen LogP contribution is -2.47.